The van der Waals surface area contributed by atoms with Crippen LogP contribution >= 0.6 is 11.3 Å². The van der Waals surface area contributed by atoms with Crippen LogP contribution < -0.4 is 19.8 Å². The van der Waals surface area contributed by atoms with Crippen molar-refractivity contribution in [3.05, 3.63) is 127 Å². The normalized spacial score (nSPS) is 17.2. The Hall–Kier alpha value is -4.23. The second-order valence-corrected chi connectivity index (χ2v) is 10.6. The third kappa shape index (κ3) is 4.86. The first-order chi connectivity index (χ1) is 19.1. The Balaban J connectivity index is 1.53. The molecular weight excluding hydrogens is 506 g/mol. The maximum Gasteiger partial charge on any atom is 0.338 e. The Morgan fingerprint density at radius 1 is 0.974 bits per heavy atom. The molecule has 1 aromatic heterocycles. The predicted molar refractivity (Wildman–Crippen MR) is 155 cm³/mol. The summed E-state index contributed by atoms with van der Waals surface area (Å²) in [4.78, 5) is 35.3. The summed E-state index contributed by atoms with van der Waals surface area (Å²) in [7, 11) is 0. The summed E-state index contributed by atoms with van der Waals surface area (Å²) in [5.41, 5.74) is 4.51. The quantitative estimate of drug-likeness (QED) is 0.340. The van der Waals surface area contributed by atoms with Crippen LogP contribution in [0, 0.1) is 0 Å². The largest absolute Gasteiger partial charge is 0.463 e. The lowest BCUT2D eigenvalue weighted by Gasteiger charge is -2.25. The minimum Gasteiger partial charge on any atom is -0.463 e. The first-order valence-corrected chi connectivity index (χ1v) is 14.1. The summed E-state index contributed by atoms with van der Waals surface area (Å²) in [6.45, 7) is 4.18. The number of benzene rings is 3. The number of aromatic nitrogens is 1. The van der Waals surface area contributed by atoms with Crippen molar-refractivity contribution in [1.29, 1.82) is 0 Å². The molecule has 6 rings (SSSR count). The van der Waals surface area contributed by atoms with E-state index in [1.54, 1.807) is 11.5 Å². The Morgan fingerprint density at radius 3 is 2.31 bits per heavy atom. The fourth-order valence-electron chi connectivity index (χ4n) is 5.30. The fourth-order valence-corrected chi connectivity index (χ4v) is 6.30. The van der Waals surface area contributed by atoms with E-state index < -0.39 is 12.0 Å². The molecular formula is C32H29N3O3S. The van der Waals surface area contributed by atoms with Gasteiger partial charge in [0.15, 0.2) is 4.80 Å². The third-order valence-corrected chi connectivity index (χ3v) is 8.13. The summed E-state index contributed by atoms with van der Waals surface area (Å²) in [6.07, 6.45) is 4.37. The SMILES string of the molecule is CCOC(=O)C1=C(c2ccccc2)N=c2s/c(=C/c3ccc(N4CCCC4)cc3)c(=O)n2[C@@H]1c1ccccc1. The smallest absolute Gasteiger partial charge is 0.338 e. The average Bonchev–Trinajstić information content (AvgIpc) is 3.62. The summed E-state index contributed by atoms with van der Waals surface area (Å²) in [6, 6.07) is 26.9. The first-order valence-electron chi connectivity index (χ1n) is 13.3. The van der Waals surface area contributed by atoms with Crippen LogP contribution in [0.1, 0.15) is 42.5 Å². The topological polar surface area (TPSA) is 63.9 Å². The molecule has 7 heteroatoms. The van der Waals surface area contributed by atoms with Crippen LogP contribution in [0.4, 0.5) is 5.69 Å². The molecule has 0 spiro atoms. The number of esters is 1. The number of carbonyl (C=O) groups excluding carboxylic acids is 1. The number of hydrogen-bond acceptors (Lipinski definition) is 6. The molecule has 2 aliphatic heterocycles. The molecule has 196 valence electrons. The zero-order valence-corrected chi connectivity index (χ0v) is 22.6. The number of thiazole rings is 1. The molecule has 3 aromatic carbocycles. The lowest BCUT2D eigenvalue weighted by Crippen LogP contribution is -2.39. The van der Waals surface area contributed by atoms with Crippen molar-refractivity contribution in [2.45, 2.75) is 25.8 Å². The molecule has 3 heterocycles. The second kappa shape index (κ2) is 10.9. The van der Waals surface area contributed by atoms with Crippen LogP contribution in [-0.4, -0.2) is 30.2 Å². The van der Waals surface area contributed by atoms with Crippen molar-refractivity contribution < 1.29 is 9.53 Å². The van der Waals surface area contributed by atoms with Gasteiger partial charge in [0.05, 0.1) is 28.5 Å². The number of anilines is 1. The van der Waals surface area contributed by atoms with Gasteiger partial charge in [0.2, 0.25) is 0 Å². The van der Waals surface area contributed by atoms with E-state index in [4.69, 9.17) is 9.73 Å². The van der Waals surface area contributed by atoms with Gasteiger partial charge >= 0.3 is 5.97 Å². The highest BCUT2D eigenvalue weighted by atomic mass is 32.1. The van der Waals surface area contributed by atoms with Gasteiger partial charge < -0.3 is 9.64 Å². The standard InChI is InChI=1S/C32H29N3O3S/c1-2-38-31(37)27-28(23-11-5-3-6-12-23)33-32-35(29(27)24-13-7-4-8-14-24)30(36)26(39-32)21-22-15-17-25(18-16-22)34-19-9-10-20-34/h3-8,11-18,21,29H,2,9-10,19-20H2,1H3/b26-21+/t29-/m1/s1. The van der Waals surface area contributed by atoms with E-state index in [1.807, 2.05) is 66.7 Å². The van der Waals surface area contributed by atoms with Gasteiger partial charge in [-0.1, -0.05) is 84.1 Å². The zero-order valence-electron chi connectivity index (χ0n) is 21.7. The van der Waals surface area contributed by atoms with E-state index >= 15 is 0 Å². The minimum atomic E-state index is -0.656. The Labute approximate surface area is 230 Å². The van der Waals surface area contributed by atoms with Gasteiger partial charge in [-0.2, -0.15) is 0 Å². The first kappa shape index (κ1) is 25.1. The highest BCUT2D eigenvalue weighted by molar-refractivity contribution is 7.07. The predicted octanol–water partition coefficient (Wildman–Crippen LogP) is 4.54. The summed E-state index contributed by atoms with van der Waals surface area (Å²) in [5, 5.41) is 0. The molecule has 2 aliphatic rings. The Kier molecular flexibility index (Phi) is 6.99. The minimum absolute atomic E-state index is 0.176. The highest BCUT2D eigenvalue weighted by Gasteiger charge is 2.35. The maximum absolute atomic E-state index is 13.9. The van der Waals surface area contributed by atoms with Crippen LogP contribution in [0.3, 0.4) is 0 Å². The molecule has 0 amide bonds. The number of rotatable bonds is 6. The van der Waals surface area contributed by atoms with Gasteiger partial charge in [-0.05, 0) is 49.1 Å². The molecule has 39 heavy (non-hydrogen) atoms. The summed E-state index contributed by atoms with van der Waals surface area (Å²) >= 11 is 1.34. The number of carbonyl (C=O) groups is 1. The summed E-state index contributed by atoms with van der Waals surface area (Å²) < 4.78 is 7.73. The lowest BCUT2D eigenvalue weighted by atomic mass is 9.93. The molecule has 0 N–H and O–H groups in total. The summed E-state index contributed by atoms with van der Waals surface area (Å²) in [5.74, 6) is -0.472. The van der Waals surface area contributed by atoms with E-state index in [0.717, 1.165) is 29.8 Å². The van der Waals surface area contributed by atoms with Gasteiger partial charge in [0, 0.05) is 24.3 Å². The van der Waals surface area contributed by atoms with Gasteiger partial charge in [-0.3, -0.25) is 9.36 Å². The molecule has 4 aromatic rings. The zero-order chi connectivity index (χ0) is 26.8. The van der Waals surface area contributed by atoms with Crippen molar-refractivity contribution in [3.63, 3.8) is 0 Å². The van der Waals surface area contributed by atoms with Crippen LogP contribution in [-0.2, 0) is 9.53 Å². The molecule has 6 nitrogen and oxygen atoms in total. The van der Waals surface area contributed by atoms with E-state index in [-0.39, 0.29) is 12.2 Å². The average molecular weight is 536 g/mol. The Morgan fingerprint density at radius 2 is 1.64 bits per heavy atom. The van der Waals surface area contributed by atoms with Gasteiger partial charge in [0.25, 0.3) is 5.56 Å². The number of hydrogen-bond donors (Lipinski definition) is 0. The van der Waals surface area contributed by atoms with E-state index in [2.05, 4.69) is 29.2 Å². The number of fused-ring (bicyclic) bond motifs is 1. The fraction of sp³-hybridized carbons (Fsp3) is 0.219. The van der Waals surface area contributed by atoms with Crippen LogP contribution in [0.2, 0.25) is 0 Å². The molecule has 1 atom stereocenters. The second-order valence-electron chi connectivity index (χ2n) is 9.63. The van der Waals surface area contributed by atoms with E-state index in [0.29, 0.717) is 20.6 Å². The van der Waals surface area contributed by atoms with Gasteiger partial charge in [0.1, 0.15) is 0 Å². The molecule has 0 unspecified atom stereocenters. The third-order valence-electron chi connectivity index (χ3n) is 7.15. The lowest BCUT2D eigenvalue weighted by molar-refractivity contribution is -0.138. The molecule has 0 bridgehead atoms. The van der Waals surface area contributed by atoms with Crippen molar-refractivity contribution in [2.75, 3.05) is 24.6 Å². The molecule has 0 radical (unpaired) electrons. The van der Waals surface area contributed by atoms with Crippen molar-refractivity contribution in [2.24, 2.45) is 4.99 Å². The van der Waals surface area contributed by atoms with Crippen LogP contribution in [0.15, 0.2) is 100 Å². The van der Waals surface area contributed by atoms with Crippen LogP contribution in [0.5, 0.6) is 0 Å². The van der Waals surface area contributed by atoms with E-state index in [1.165, 1.54) is 29.9 Å². The van der Waals surface area contributed by atoms with Crippen molar-refractivity contribution in [3.8, 4) is 0 Å². The molecule has 1 saturated heterocycles. The van der Waals surface area contributed by atoms with Gasteiger partial charge in [-0.25, -0.2) is 9.79 Å². The van der Waals surface area contributed by atoms with Gasteiger partial charge in [-0.15, -0.1) is 0 Å². The monoisotopic (exact) mass is 535 g/mol. The Bertz CT molecular complexity index is 1700. The molecule has 0 saturated carbocycles. The maximum atomic E-state index is 13.9. The van der Waals surface area contributed by atoms with E-state index in [9.17, 15) is 9.59 Å². The number of nitrogens with zero attached hydrogens (tertiary/aromatic N) is 3. The molecule has 0 aliphatic carbocycles. The highest BCUT2D eigenvalue weighted by Crippen LogP contribution is 2.35. The van der Waals surface area contributed by atoms with Crippen LogP contribution in [0.25, 0.3) is 11.8 Å². The van der Waals surface area contributed by atoms with Crippen molar-refractivity contribution >= 4 is 34.8 Å². The number of ether oxygens (including phenoxy) is 1. The molecule has 1 fully saturated rings. The van der Waals surface area contributed by atoms with Crippen molar-refractivity contribution in [1.82, 2.24) is 4.57 Å².